The molecular formula is C17H22N4O3. The highest BCUT2D eigenvalue weighted by atomic mass is 16.5. The van der Waals surface area contributed by atoms with Crippen LogP contribution in [-0.4, -0.2) is 54.1 Å². The van der Waals surface area contributed by atoms with E-state index in [1.54, 1.807) is 31.3 Å². The van der Waals surface area contributed by atoms with Gasteiger partial charge in [0, 0.05) is 38.7 Å². The van der Waals surface area contributed by atoms with Crippen molar-refractivity contribution in [2.75, 3.05) is 38.7 Å². The molecule has 1 fully saturated rings. The Balaban J connectivity index is 1.52. The number of carbonyl (C=O) groups is 1. The van der Waals surface area contributed by atoms with E-state index in [-0.39, 0.29) is 5.91 Å². The molecule has 7 heteroatoms. The number of carbonyl (C=O) groups excluding carboxylic acids is 1. The number of aryl methyl sites for hydroxylation is 1. The zero-order valence-electron chi connectivity index (χ0n) is 14.0. The molecule has 0 radical (unpaired) electrons. The second kappa shape index (κ2) is 7.44. The lowest BCUT2D eigenvalue weighted by molar-refractivity contribution is 0.0798. The van der Waals surface area contributed by atoms with Crippen LogP contribution in [0.5, 0.6) is 0 Å². The summed E-state index contributed by atoms with van der Waals surface area (Å²) in [6.45, 7) is 4.47. The van der Waals surface area contributed by atoms with Crippen molar-refractivity contribution >= 4 is 11.7 Å². The van der Waals surface area contributed by atoms with Gasteiger partial charge in [0.2, 0.25) is 0 Å². The highest BCUT2D eigenvalue weighted by molar-refractivity contribution is 5.94. The molecule has 24 heavy (non-hydrogen) atoms. The molecule has 2 aromatic heterocycles. The number of amides is 1. The van der Waals surface area contributed by atoms with Crippen LogP contribution in [0.1, 0.15) is 34.2 Å². The van der Waals surface area contributed by atoms with Crippen LogP contribution in [0.15, 0.2) is 29.1 Å². The molecule has 1 amide bonds. The second-order valence-corrected chi connectivity index (χ2v) is 5.93. The van der Waals surface area contributed by atoms with Crippen molar-refractivity contribution in [1.82, 2.24) is 14.9 Å². The molecule has 1 saturated heterocycles. The van der Waals surface area contributed by atoms with Gasteiger partial charge in [0.1, 0.15) is 17.9 Å². The molecule has 7 nitrogen and oxygen atoms in total. The summed E-state index contributed by atoms with van der Waals surface area (Å²) in [5.74, 6) is 1.71. The molecule has 1 atom stereocenters. The number of hydrogen-bond donors (Lipinski definition) is 1. The molecule has 0 bridgehead atoms. The largest absolute Gasteiger partial charge is 0.469 e. The quantitative estimate of drug-likeness (QED) is 0.873. The van der Waals surface area contributed by atoms with E-state index in [0.29, 0.717) is 30.3 Å². The summed E-state index contributed by atoms with van der Waals surface area (Å²) < 4.78 is 10.6. The molecule has 1 aliphatic rings. The van der Waals surface area contributed by atoms with Gasteiger partial charge in [-0.3, -0.25) is 4.79 Å². The van der Waals surface area contributed by atoms with E-state index in [0.717, 1.165) is 31.1 Å². The average Bonchev–Trinajstić information content (AvgIpc) is 3.26. The first-order chi connectivity index (χ1) is 11.6. The Morgan fingerprint density at radius 2 is 2.33 bits per heavy atom. The zero-order chi connectivity index (χ0) is 16.9. The van der Waals surface area contributed by atoms with Gasteiger partial charge in [-0.1, -0.05) is 0 Å². The zero-order valence-corrected chi connectivity index (χ0v) is 14.0. The van der Waals surface area contributed by atoms with Crippen molar-refractivity contribution in [3.8, 4) is 0 Å². The molecule has 0 saturated carbocycles. The second-order valence-electron chi connectivity index (χ2n) is 5.93. The first-order valence-corrected chi connectivity index (χ1v) is 8.08. The fourth-order valence-corrected chi connectivity index (χ4v) is 2.73. The maximum Gasteiger partial charge on any atom is 0.257 e. The Labute approximate surface area is 141 Å². The molecule has 0 aromatic carbocycles. The van der Waals surface area contributed by atoms with Crippen molar-refractivity contribution < 1.29 is 13.9 Å². The van der Waals surface area contributed by atoms with Gasteiger partial charge in [0.05, 0.1) is 24.1 Å². The minimum atomic E-state index is -0.0467. The van der Waals surface area contributed by atoms with E-state index >= 15 is 0 Å². The summed E-state index contributed by atoms with van der Waals surface area (Å²) >= 11 is 0. The van der Waals surface area contributed by atoms with Gasteiger partial charge in [-0.05, 0) is 19.4 Å². The number of aromatic nitrogens is 2. The van der Waals surface area contributed by atoms with Gasteiger partial charge < -0.3 is 19.4 Å². The summed E-state index contributed by atoms with van der Waals surface area (Å²) in [6.07, 6.45) is 4.10. The maximum atomic E-state index is 12.3. The van der Waals surface area contributed by atoms with E-state index in [9.17, 15) is 4.79 Å². The van der Waals surface area contributed by atoms with Crippen LogP contribution in [0.25, 0.3) is 0 Å². The minimum absolute atomic E-state index is 0.0467. The van der Waals surface area contributed by atoms with Crippen LogP contribution in [0.2, 0.25) is 0 Å². The maximum absolute atomic E-state index is 12.3. The van der Waals surface area contributed by atoms with Gasteiger partial charge in [-0.25, -0.2) is 9.97 Å². The van der Waals surface area contributed by atoms with Gasteiger partial charge in [0.15, 0.2) is 0 Å². The average molecular weight is 330 g/mol. The van der Waals surface area contributed by atoms with Crippen LogP contribution in [0.4, 0.5) is 5.82 Å². The van der Waals surface area contributed by atoms with Crippen LogP contribution in [0, 0.1) is 6.92 Å². The topological polar surface area (TPSA) is 80.5 Å². The lowest BCUT2D eigenvalue weighted by Crippen LogP contribution is -2.31. The van der Waals surface area contributed by atoms with Gasteiger partial charge in [-0.2, -0.15) is 0 Å². The van der Waals surface area contributed by atoms with E-state index in [2.05, 4.69) is 15.3 Å². The van der Waals surface area contributed by atoms with E-state index in [1.165, 1.54) is 6.26 Å². The number of furan rings is 1. The molecule has 1 aliphatic heterocycles. The van der Waals surface area contributed by atoms with Crippen molar-refractivity contribution in [2.45, 2.75) is 19.3 Å². The highest BCUT2D eigenvalue weighted by Gasteiger charge is 2.19. The summed E-state index contributed by atoms with van der Waals surface area (Å²) in [5, 5.41) is 3.24. The highest BCUT2D eigenvalue weighted by Crippen LogP contribution is 2.24. The Hall–Kier alpha value is -2.41. The number of nitrogens with zero attached hydrogens (tertiary/aromatic N) is 3. The summed E-state index contributed by atoms with van der Waals surface area (Å²) in [6, 6.07) is 3.66. The fourth-order valence-electron chi connectivity index (χ4n) is 2.73. The van der Waals surface area contributed by atoms with Crippen molar-refractivity contribution in [3.05, 3.63) is 41.7 Å². The molecule has 0 aliphatic carbocycles. The molecule has 128 valence electrons. The molecule has 3 heterocycles. The predicted octanol–water partition coefficient (Wildman–Crippen LogP) is 2.07. The first-order valence-electron chi connectivity index (χ1n) is 8.08. The lowest BCUT2D eigenvalue weighted by Gasteiger charge is -2.17. The predicted molar refractivity (Wildman–Crippen MR) is 89.1 cm³/mol. The molecule has 3 rings (SSSR count). The minimum Gasteiger partial charge on any atom is -0.469 e. The number of rotatable bonds is 6. The SMILES string of the molecule is Cc1occc1C(=O)N(C)CCNc1cc([C@@H]2CCOC2)ncn1. The molecule has 2 aromatic rings. The number of likely N-dealkylation sites (N-methyl/N-ethyl adjacent to an activating group) is 1. The monoisotopic (exact) mass is 330 g/mol. The molecule has 1 N–H and O–H groups in total. The van der Waals surface area contributed by atoms with Crippen LogP contribution < -0.4 is 5.32 Å². The van der Waals surface area contributed by atoms with Crippen LogP contribution in [0.3, 0.4) is 0 Å². The Kier molecular flexibility index (Phi) is 5.10. The third kappa shape index (κ3) is 3.73. The number of hydrogen-bond acceptors (Lipinski definition) is 6. The Morgan fingerprint density at radius 1 is 1.46 bits per heavy atom. The van der Waals surface area contributed by atoms with Gasteiger partial charge >= 0.3 is 0 Å². The van der Waals surface area contributed by atoms with E-state index in [1.807, 2.05) is 6.07 Å². The van der Waals surface area contributed by atoms with Crippen LogP contribution >= 0.6 is 0 Å². The van der Waals surface area contributed by atoms with E-state index in [4.69, 9.17) is 9.15 Å². The third-order valence-electron chi connectivity index (χ3n) is 4.23. The van der Waals surface area contributed by atoms with Crippen molar-refractivity contribution in [3.63, 3.8) is 0 Å². The first kappa shape index (κ1) is 16.4. The normalized spacial score (nSPS) is 17.0. The number of nitrogens with one attached hydrogen (secondary N) is 1. The van der Waals surface area contributed by atoms with Crippen LogP contribution in [-0.2, 0) is 4.74 Å². The number of anilines is 1. The van der Waals surface area contributed by atoms with E-state index < -0.39 is 0 Å². The Morgan fingerprint density at radius 3 is 3.04 bits per heavy atom. The molecular weight excluding hydrogens is 308 g/mol. The van der Waals surface area contributed by atoms with Crippen molar-refractivity contribution in [2.24, 2.45) is 0 Å². The number of ether oxygens (including phenoxy) is 1. The molecule has 0 spiro atoms. The Bertz CT molecular complexity index is 695. The summed E-state index contributed by atoms with van der Waals surface area (Å²) in [5.41, 5.74) is 1.60. The van der Waals surface area contributed by atoms with Crippen molar-refractivity contribution in [1.29, 1.82) is 0 Å². The lowest BCUT2D eigenvalue weighted by atomic mass is 10.1. The summed E-state index contributed by atoms with van der Waals surface area (Å²) in [4.78, 5) is 22.5. The fraction of sp³-hybridized carbons (Fsp3) is 0.471. The van der Waals surface area contributed by atoms with Gasteiger partial charge in [-0.15, -0.1) is 0 Å². The molecule has 0 unspecified atom stereocenters. The van der Waals surface area contributed by atoms with Gasteiger partial charge in [0.25, 0.3) is 5.91 Å². The summed E-state index contributed by atoms with van der Waals surface area (Å²) in [7, 11) is 1.78. The third-order valence-corrected chi connectivity index (χ3v) is 4.23. The standard InChI is InChI=1S/C17H22N4O3/c1-12-14(4-8-24-12)17(22)21(2)6-5-18-16-9-15(19-11-20-16)13-3-7-23-10-13/h4,8-9,11,13H,3,5-7,10H2,1-2H3,(H,18,19,20)/t13-/m1/s1. The smallest absolute Gasteiger partial charge is 0.257 e.